The highest BCUT2D eigenvalue weighted by molar-refractivity contribution is 5.87. The summed E-state index contributed by atoms with van der Waals surface area (Å²) in [6.45, 7) is -0.495. The standard InChI is InChI=1S/C28H24F4N2O8/c29-25-17-24(40-14-1-13-28(30,31)32)10-6-21(25)18-42-23-8-2-19(3-9-23)4-11-27(35)41-15-12-20-5-7-22(33(36)37)16-26(20)34(38)39/h2-11,16-17H,1,12-15,18H2/b11-4+. The van der Waals surface area contributed by atoms with Crippen molar-refractivity contribution in [3.8, 4) is 11.5 Å². The Labute approximate surface area is 236 Å². The summed E-state index contributed by atoms with van der Waals surface area (Å²) in [5, 5.41) is 22.0. The number of carbonyl (C=O) groups is 1. The lowest BCUT2D eigenvalue weighted by atomic mass is 10.1. The van der Waals surface area contributed by atoms with Crippen LogP contribution in [0.4, 0.5) is 28.9 Å². The molecule has 0 aromatic heterocycles. The van der Waals surface area contributed by atoms with E-state index < -0.39 is 45.6 Å². The molecule has 10 nitrogen and oxygen atoms in total. The normalized spacial score (nSPS) is 11.3. The number of halogens is 4. The van der Waals surface area contributed by atoms with Gasteiger partial charge in [-0.05, 0) is 48.4 Å². The van der Waals surface area contributed by atoms with Crippen LogP contribution in [0.25, 0.3) is 6.08 Å². The van der Waals surface area contributed by atoms with Crippen LogP contribution in [0.5, 0.6) is 11.5 Å². The molecule has 0 amide bonds. The van der Waals surface area contributed by atoms with E-state index in [1.165, 1.54) is 24.3 Å². The number of nitro groups is 2. The number of nitrogens with zero attached hydrogens (tertiary/aromatic N) is 2. The van der Waals surface area contributed by atoms with Gasteiger partial charge in [-0.25, -0.2) is 9.18 Å². The lowest BCUT2D eigenvalue weighted by Gasteiger charge is -2.11. The fraction of sp³-hybridized carbons (Fsp3) is 0.250. The minimum atomic E-state index is -4.27. The molecule has 0 saturated carbocycles. The zero-order valence-electron chi connectivity index (χ0n) is 21.8. The van der Waals surface area contributed by atoms with E-state index in [0.717, 1.165) is 24.3 Å². The zero-order valence-corrected chi connectivity index (χ0v) is 21.8. The van der Waals surface area contributed by atoms with E-state index in [9.17, 15) is 42.6 Å². The van der Waals surface area contributed by atoms with Crippen LogP contribution >= 0.6 is 0 Å². The summed E-state index contributed by atoms with van der Waals surface area (Å²) in [5.74, 6) is -0.820. The quantitative estimate of drug-likeness (QED) is 0.0502. The van der Waals surface area contributed by atoms with Crippen molar-refractivity contribution < 1.29 is 46.4 Å². The van der Waals surface area contributed by atoms with E-state index in [0.29, 0.717) is 11.3 Å². The zero-order chi connectivity index (χ0) is 30.7. The summed E-state index contributed by atoms with van der Waals surface area (Å²) in [6, 6.07) is 13.6. The number of carbonyl (C=O) groups excluding carboxylic acids is 1. The largest absolute Gasteiger partial charge is 0.493 e. The van der Waals surface area contributed by atoms with Crippen LogP contribution in [-0.4, -0.2) is 35.2 Å². The third-order valence-electron chi connectivity index (χ3n) is 5.68. The predicted octanol–water partition coefficient (Wildman–Crippen LogP) is 6.74. The van der Waals surface area contributed by atoms with Crippen molar-refractivity contribution in [2.45, 2.75) is 32.0 Å². The van der Waals surface area contributed by atoms with Crippen LogP contribution in [0.1, 0.15) is 29.5 Å². The van der Waals surface area contributed by atoms with Crippen LogP contribution in [0.3, 0.4) is 0 Å². The number of non-ortho nitro benzene ring substituents is 1. The third-order valence-corrected chi connectivity index (χ3v) is 5.68. The molecule has 0 N–H and O–H groups in total. The predicted molar refractivity (Wildman–Crippen MR) is 141 cm³/mol. The molecule has 0 saturated heterocycles. The summed E-state index contributed by atoms with van der Waals surface area (Å²) in [7, 11) is 0. The minimum absolute atomic E-state index is 0.0156. The van der Waals surface area contributed by atoms with Gasteiger partial charge in [0.25, 0.3) is 11.4 Å². The number of hydrogen-bond donors (Lipinski definition) is 0. The first kappa shape index (κ1) is 31.5. The highest BCUT2D eigenvalue weighted by Crippen LogP contribution is 2.25. The number of alkyl halides is 3. The lowest BCUT2D eigenvalue weighted by Crippen LogP contribution is -2.09. The smallest absolute Gasteiger partial charge is 0.389 e. The molecular weight excluding hydrogens is 568 g/mol. The van der Waals surface area contributed by atoms with Crippen molar-refractivity contribution in [3.63, 3.8) is 0 Å². The Morgan fingerprint density at radius 3 is 2.19 bits per heavy atom. The van der Waals surface area contributed by atoms with Crippen molar-refractivity contribution in [2.75, 3.05) is 13.2 Å². The second-order valence-electron chi connectivity index (χ2n) is 8.76. The molecule has 0 bridgehead atoms. The molecule has 0 radical (unpaired) electrons. The van der Waals surface area contributed by atoms with Crippen molar-refractivity contribution in [3.05, 3.63) is 109 Å². The Kier molecular flexibility index (Phi) is 10.9. The number of esters is 1. The number of benzene rings is 3. The molecule has 42 heavy (non-hydrogen) atoms. The summed E-state index contributed by atoms with van der Waals surface area (Å²) >= 11 is 0. The van der Waals surface area contributed by atoms with Crippen molar-refractivity contribution in [1.82, 2.24) is 0 Å². The molecule has 3 aromatic rings. The molecule has 0 spiro atoms. The van der Waals surface area contributed by atoms with E-state index in [1.807, 2.05) is 0 Å². The first-order valence-electron chi connectivity index (χ1n) is 12.4. The number of nitro benzene ring substituents is 2. The molecule has 0 aliphatic rings. The van der Waals surface area contributed by atoms with Gasteiger partial charge in [-0.1, -0.05) is 12.1 Å². The monoisotopic (exact) mass is 592 g/mol. The summed E-state index contributed by atoms with van der Waals surface area (Å²) in [6.07, 6.45) is -2.89. The Morgan fingerprint density at radius 2 is 1.55 bits per heavy atom. The van der Waals surface area contributed by atoms with Gasteiger partial charge in [-0.15, -0.1) is 0 Å². The summed E-state index contributed by atoms with van der Waals surface area (Å²) in [4.78, 5) is 32.5. The van der Waals surface area contributed by atoms with Crippen molar-refractivity contribution >= 4 is 23.4 Å². The van der Waals surface area contributed by atoms with Gasteiger partial charge in [0.1, 0.15) is 23.9 Å². The van der Waals surface area contributed by atoms with Crippen LogP contribution in [0, 0.1) is 26.0 Å². The van der Waals surface area contributed by atoms with Crippen molar-refractivity contribution in [1.29, 1.82) is 0 Å². The third kappa shape index (κ3) is 10.2. The average Bonchev–Trinajstić information content (AvgIpc) is 2.93. The Morgan fingerprint density at radius 1 is 0.857 bits per heavy atom. The molecule has 14 heteroatoms. The first-order chi connectivity index (χ1) is 19.9. The molecule has 3 rings (SSSR count). The highest BCUT2D eigenvalue weighted by Gasteiger charge is 2.26. The fourth-order valence-electron chi connectivity index (χ4n) is 3.55. The highest BCUT2D eigenvalue weighted by atomic mass is 19.4. The molecule has 0 atom stereocenters. The van der Waals surface area contributed by atoms with Crippen LogP contribution in [0.15, 0.2) is 66.7 Å². The maximum Gasteiger partial charge on any atom is 0.389 e. The number of ether oxygens (including phenoxy) is 3. The number of rotatable bonds is 14. The van der Waals surface area contributed by atoms with Gasteiger partial charge < -0.3 is 14.2 Å². The van der Waals surface area contributed by atoms with Gasteiger partial charge in [0.15, 0.2) is 0 Å². The first-order valence-corrected chi connectivity index (χ1v) is 12.4. The van der Waals surface area contributed by atoms with Gasteiger partial charge in [-0.2, -0.15) is 13.2 Å². The maximum absolute atomic E-state index is 14.3. The second-order valence-corrected chi connectivity index (χ2v) is 8.76. The van der Waals surface area contributed by atoms with E-state index in [1.54, 1.807) is 24.3 Å². The molecule has 0 aliphatic heterocycles. The molecule has 0 fully saturated rings. The van der Waals surface area contributed by atoms with E-state index in [4.69, 9.17) is 14.2 Å². The van der Waals surface area contributed by atoms with E-state index in [2.05, 4.69) is 0 Å². The summed E-state index contributed by atoms with van der Waals surface area (Å²) in [5.41, 5.74) is 0.149. The van der Waals surface area contributed by atoms with Gasteiger partial charge >= 0.3 is 12.1 Å². The van der Waals surface area contributed by atoms with Gasteiger partial charge in [-0.3, -0.25) is 20.2 Å². The van der Waals surface area contributed by atoms with E-state index >= 15 is 0 Å². The van der Waals surface area contributed by atoms with Crippen LogP contribution in [0.2, 0.25) is 0 Å². The van der Waals surface area contributed by atoms with E-state index in [-0.39, 0.29) is 49.5 Å². The molecule has 0 unspecified atom stereocenters. The molecule has 3 aromatic carbocycles. The van der Waals surface area contributed by atoms with Gasteiger partial charge in [0.05, 0.1) is 29.1 Å². The van der Waals surface area contributed by atoms with Crippen molar-refractivity contribution in [2.24, 2.45) is 0 Å². The molecular formula is C28H24F4N2O8. The van der Waals surface area contributed by atoms with Crippen LogP contribution in [-0.2, 0) is 22.6 Å². The Balaban J connectivity index is 1.44. The van der Waals surface area contributed by atoms with Gasteiger partial charge in [0, 0.05) is 42.2 Å². The minimum Gasteiger partial charge on any atom is -0.493 e. The Bertz CT molecular complexity index is 1440. The van der Waals surface area contributed by atoms with Gasteiger partial charge in [0.2, 0.25) is 0 Å². The second kappa shape index (κ2) is 14.6. The maximum atomic E-state index is 14.3. The van der Waals surface area contributed by atoms with Crippen LogP contribution < -0.4 is 9.47 Å². The molecule has 0 aliphatic carbocycles. The topological polar surface area (TPSA) is 131 Å². The lowest BCUT2D eigenvalue weighted by molar-refractivity contribution is -0.394. The Hall–Kier alpha value is -5.01. The molecule has 0 heterocycles. The fourth-order valence-corrected chi connectivity index (χ4v) is 3.55. The molecule has 222 valence electrons. The average molecular weight is 592 g/mol. The summed E-state index contributed by atoms with van der Waals surface area (Å²) < 4.78 is 66.6. The SMILES string of the molecule is O=C(/C=C/c1ccc(OCc2ccc(OCCCC(F)(F)F)cc2F)cc1)OCCc1ccc([N+](=O)[O-])cc1[N+](=O)[O-]. The number of hydrogen-bond acceptors (Lipinski definition) is 8.